The topological polar surface area (TPSA) is 81.7 Å². The fourth-order valence-electron chi connectivity index (χ4n) is 1.75. The number of alkyl halides is 3. The predicted molar refractivity (Wildman–Crippen MR) is 85.0 cm³/mol. The summed E-state index contributed by atoms with van der Waals surface area (Å²) >= 11 is 17.4. The van der Waals surface area contributed by atoms with E-state index in [1.165, 1.54) is 24.3 Å². The first-order valence-corrected chi connectivity index (χ1v) is 10.4. The monoisotopic (exact) mass is 407 g/mol. The molecule has 6 nitrogen and oxygen atoms in total. The van der Waals surface area contributed by atoms with Gasteiger partial charge in [-0.05, 0) is 18.6 Å². The maximum Gasteiger partial charge on any atom is 0.352 e. The summed E-state index contributed by atoms with van der Waals surface area (Å²) in [5.74, 6) is -1.66. The first-order chi connectivity index (χ1) is 10.2. The average Bonchev–Trinajstić information content (AvgIpc) is 2.45. The van der Waals surface area contributed by atoms with Crippen LogP contribution >= 0.6 is 42.4 Å². The van der Waals surface area contributed by atoms with Crippen LogP contribution in [-0.4, -0.2) is 31.2 Å². The summed E-state index contributed by atoms with van der Waals surface area (Å²) in [6, 6.07) is 7.44. The molecule has 0 radical (unpaired) electrons. The molecular weight excluding hydrogens is 396 g/mol. The van der Waals surface area contributed by atoms with E-state index < -0.39 is 27.2 Å². The third-order valence-corrected chi connectivity index (χ3v) is 7.74. The second kappa shape index (κ2) is 6.95. The van der Waals surface area contributed by atoms with Gasteiger partial charge in [0, 0.05) is 0 Å². The number of hydrogen-bond donors (Lipinski definition) is 1. The van der Waals surface area contributed by atoms with Crippen LogP contribution in [0.5, 0.6) is 0 Å². The molecule has 0 saturated carbocycles. The largest absolute Gasteiger partial charge is 0.352 e. The molecule has 22 heavy (non-hydrogen) atoms. The van der Waals surface area contributed by atoms with Crippen molar-refractivity contribution >= 4 is 52.4 Å². The summed E-state index contributed by atoms with van der Waals surface area (Å²) in [5, 5.41) is 0. The van der Waals surface area contributed by atoms with Crippen LogP contribution in [0.1, 0.15) is 6.42 Å². The highest BCUT2D eigenvalue weighted by Gasteiger charge is 2.52. The standard InChI is InChI=1S/C11H13Cl3NO5PS/c12-11(13,14)10(21(16)19-7-4-8-20-21)15-22(17,18)9-5-2-1-3-6-9/h1-3,5-6,10,15H,4,7-8H2/t10-/m1/s1. The highest BCUT2D eigenvalue weighted by Crippen LogP contribution is 2.60. The Bertz CT molecular complexity index is 654. The van der Waals surface area contributed by atoms with Crippen molar-refractivity contribution in [3.8, 4) is 0 Å². The number of nitrogens with one attached hydrogen (secondary N) is 1. The lowest BCUT2D eigenvalue weighted by Gasteiger charge is -2.33. The van der Waals surface area contributed by atoms with Gasteiger partial charge in [-0.2, -0.15) is 4.72 Å². The molecule has 1 aliphatic heterocycles. The van der Waals surface area contributed by atoms with E-state index in [9.17, 15) is 13.0 Å². The maximum atomic E-state index is 12.7. The average molecular weight is 409 g/mol. The number of rotatable bonds is 4. The van der Waals surface area contributed by atoms with Gasteiger partial charge in [0.15, 0.2) is 5.78 Å². The van der Waals surface area contributed by atoms with E-state index >= 15 is 0 Å². The van der Waals surface area contributed by atoms with Crippen molar-refractivity contribution in [2.24, 2.45) is 0 Å². The molecule has 1 N–H and O–H groups in total. The molecule has 1 atom stereocenters. The molecule has 0 aliphatic carbocycles. The Morgan fingerprint density at radius 3 is 2.18 bits per heavy atom. The van der Waals surface area contributed by atoms with Crippen LogP contribution in [0.15, 0.2) is 35.2 Å². The van der Waals surface area contributed by atoms with Gasteiger partial charge in [0.1, 0.15) is 0 Å². The van der Waals surface area contributed by atoms with Crippen molar-refractivity contribution in [1.29, 1.82) is 0 Å². The second-order valence-corrected chi connectivity index (χ2v) is 10.6. The first kappa shape index (κ1) is 18.5. The van der Waals surface area contributed by atoms with Crippen molar-refractivity contribution < 1.29 is 22.0 Å². The lowest BCUT2D eigenvalue weighted by atomic mass is 10.4. The highest BCUT2D eigenvalue weighted by molar-refractivity contribution is 7.89. The van der Waals surface area contributed by atoms with Gasteiger partial charge in [-0.25, -0.2) is 8.42 Å². The summed E-state index contributed by atoms with van der Waals surface area (Å²) < 4.78 is 47.5. The van der Waals surface area contributed by atoms with Crippen molar-refractivity contribution in [2.45, 2.75) is 20.9 Å². The summed E-state index contributed by atoms with van der Waals surface area (Å²) in [6.45, 7) is 0.253. The first-order valence-electron chi connectivity index (χ1n) is 6.18. The van der Waals surface area contributed by atoms with Crippen LogP contribution in [-0.2, 0) is 23.6 Å². The molecule has 0 aromatic heterocycles. The Labute approximate surface area is 143 Å². The van der Waals surface area contributed by atoms with Crippen molar-refractivity contribution in [3.05, 3.63) is 30.3 Å². The van der Waals surface area contributed by atoms with Crippen LogP contribution in [0.2, 0.25) is 0 Å². The van der Waals surface area contributed by atoms with E-state index in [2.05, 4.69) is 4.72 Å². The molecule has 124 valence electrons. The third kappa shape index (κ3) is 4.36. The number of benzene rings is 1. The maximum absolute atomic E-state index is 12.7. The van der Waals surface area contributed by atoms with E-state index in [4.69, 9.17) is 43.9 Å². The van der Waals surface area contributed by atoms with E-state index in [1.807, 2.05) is 0 Å². The molecule has 1 heterocycles. The minimum Gasteiger partial charge on any atom is -0.307 e. The molecule has 0 amide bonds. The molecule has 0 spiro atoms. The van der Waals surface area contributed by atoms with Crippen LogP contribution in [0.25, 0.3) is 0 Å². The zero-order valence-corrected chi connectivity index (χ0v) is 15.1. The molecule has 0 unspecified atom stereocenters. The molecule has 0 bridgehead atoms. The Morgan fingerprint density at radius 2 is 1.68 bits per heavy atom. The summed E-state index contributed by atoms with van der Waals surface area (Å²) in [7, 11) is -8.01. The van der Waals surface area contributed by atoms with Crippen molar-refractivity contribution in [3.63, 3.8) is 0 Å². The van der Waals surface area contributed by atoms with E-state index in [0.717, 1.165) is 0 Å². The minimum absolute atomic E-state index is 0.0575. The molecule has 1 saturated heterocycles. The predicted octanol–water partition coefficient (Wildman–Crippen LogP) is 3.29. The molecule has 2 rings (SSSR count). The van der Waals surface area contributed by atoms with Crippen molar-refractivity contribution in [2.75, 3.05) is 13.2 Å². The Morgan fingerprint density at radius 1 is 1.14 bits per heavy atom. The fraction of sp³-hybridized carbons (Fsp3) is 0.455. The second-order valence-electron chi connectivity index (χ2n) is 4.44. The number of halogens is 3. The SMILES string of the molecule is O=P1([C@@H](NS(=O)(=O)c2ccccc2)C(Cl)(Cl)Cl)OCCCO1. The Hall–Kier alpha value is 0.150. The smallest absolute Gasteiger partial charge is 0.307 e. The zero-order valence-electron chi connectivity index (χ0n) is 11.1. The Balaban J connectivity index is 2.34. The Kier molecular flexibility index (Phi) is 5.84. The summed E-state index contributed by atoms with van der Waals surface area (Å²) in [6.07, 6.45) is 0.516. The quantitative estimate of drug-likeness (QED) is 0.611. The van der Waals surface area contributed by atoms with E-state index in [0.29, 0.717) is 6.42 Å². The van der Waals surface area contributed by atoms with Gasteiger partial charge in [0.05, 0.1) is 18.1 Å². The van der Waals surface area contributed by atoms with Crippen LogP contribution in [0, 0.1) is 0 Å². The van der Waals surface area contributed by atoms with Gasteiger partial charge in [-0.15, -0.1) is 0 Å². The van der Waals surface area contributed by atoms with Gasteiger partial charge >= 0.3 is 7.60 Å². The normalized spacial score (nSPS) is 20.5. The van der Waals surface area contributed by atoms with Gasteiger partial charge in [-0.1, -0.05) is 53.0 Å². The summed E-state index contributed by atoms with van der Waals surface area (Å²) in [5.41, 5.74) is 0. The van der Waals surface area contributed by atoms with Gasteiger partial charge < -0.3 is 9.05 Å². The third-order valence-electron chi connectivity index (χ3n) is 2.78. The molecule has 1 fully saturated rings. The van der Waals surface area contributed by atoms with Crippen LogP contribution in [0.4, 0.5) is 0 Å². The molecule has 1 aromatic carbocycles. The lowest BCUT2D eigenvalue weighted by molar-refractivity contribution is 0.139. The molecule has 1 aliphatic rings. The van der Waals surface area contributed by atoms with Crippen LogP contribution in [0.3, 0.4) is 0 Å². The highest BCUT2D eigenvalue weighted by atomic mass is 35.6. The number of sulfonamides is 1. The van der Waals surface area contributed by atoms with E-state index in [1.54, 1.807) is 6.07 Å². The zero-order chi connectivity index (χ0) is 16.4. The molecule has 11 heteroatoms. The fourth-order valence-corrected chi connectivity index (χ4v) is 6.74. The van der Waals surface area contributed by atoms with Gasteiger partial charge in [-0.3, -0.25) is 4.57 Å². The summed E-state index contributed by atoms with van der Waals surface area (Å²) in [4.78, 5) is -0.0575. The van der Waals surface area contributed by atoms with Gasteiger partial charge in [0.2, 0.25) is 13.8 Å². The van der Waals surface area contributed by atoms with E-state index in [-0.39, 0.29) is 18.1 Å². The lowest BCUT2D eigenvalue weighted by Crippen LogP contribution is -2.45. The number of hydrogen-bond acceptors (Lipinski definition) is 5. The molecular formula is C11H13Cl3NO5PS. The van der Waals surface area contributed by atoms with Crippen molar-refractivity contribution in [1.82, 2.24) is 4.72 Å². The van der Waals surface area contributed by atoms with Crippen LogP contribution < -0.4 is 4.72 Å². The minimum atomic E-state index is -4.07. The molecule has 1 aromatic rings. The van der Waals surface area contributed by atoms with Gasteiger partial charge in [0.25, 0.3) is 0 Å².